The largest absolute Gasteiger partial charge is 0.305 e. The summed E-state index contributed by atoms with van der Waals surface area (Å²) < 4.78 is 31.6. The molecule has 0 saturated heterocycles. The standard InChI is InChI=1S/C15H28FN3OSSi/c1-15(2,3)22(6,7)18-21(17,20)14-9-8-12(10-13(14)16)11-19(4)5/h8-10H,11H2,1-7H3,(H2,17,18,20). The van der Waals surface area contributed by atoms with E-state index in [4.69, 9.17) is 5.14 Å². The maximum absolute atomic E-state index is 14.3. The van der Waals surface area contributed by atoms with E-state index in [9.17, 15) is 8.60 Å². The summed E-state index contributed by atoms with van der Waals surface area (Å²) in [7, 11) is -1.65. The first-order valence-electron chi connectivity index (χ1n) is 7.25. The summed E-state index contributed by atoms with van der Waals surface area (Å²) in [6.45, 7) is 10.8. The Kier molecular flexibility index (Phi) is 5.60. The van der Waals surface area contributed by atoms with Crippen molar-refractivity contribution in [3.63, 3.8) is 0 Å². The minimum Gasteiger partial charge on any atom is -0.305 e. The van der Waals surface area contributed by atoms with Gasteiger partial charge in [0.05, 0.1) is 4.90 Å². The average Bonchev–Trinajstić information content (AvgIpc) is 2.24. The monoisotopic (exact) mass is 345 g/mol. The summed E-state index contributed by atoms with van der Waals surface area (Å²) in [6, 6.07) is 4.65. The molecule has 1 aromatic rings. The molecular formula is C15H28FN3OSSi. The summed E-state index contributed by atoms with van der Waals surface area (Å²) in [6.07, 6.45) is 0. The smallest absolute Gasteiger partial charge is 0.195 e. The van der Waals surface area contributed by atoms with E-state index in [1.807, 2.05) is 32.1 Å². The minimum atomic E-state index is -3.23. The highest BCUT2D eigenvalue weighted by molar-refractivity contribution is 7.92. The van der Waals surface area contributed by atoms with Gasteiger partial charge in [0.15, 0.2) is 8.24 Å². The van der Waals surface area contributed by atoms with E-state index in [1.54, 1.807) is 6.07 Å². The van der Waals surface area contributed by atoms with Crippen molar-refractivity contribution in [1.82, 2.24) is 4.90 Å². The van der Waals surface area contributed by atoms with Crippen LogP contribution in [0.5, 0.6) is 0 Å². The zero-order chi connectivity index (χ0) is 17.3. The highest BCUT2D eigenvalue weighted by Gasteiger charge is 2.37. The van der Waals surface area contributed by atoms with Crippen molar-refractivity contribution < 1.29 is 8.60 Å². The second-order valence-electron chi connectivity index (χ2n) is 7.47. The van der Waals surface area contributed by atoms with Crippen LogP contribution in [0.25, 0.3) is 0 Å². The van der Waals surface area contributed by atoms with E-state index in [1.165, 1.54) is 12.1 Å². The van der Waals surface area contributed by atoms with Gasteiger partial charge in [0.2, 0.25) is 0 Å². The van der Waals surface area contributed by atoms with Crippen molar-refractivity contribution in [3.8, 4) is 0 Å². The molecule has 0 fully saturated rings. The highest BCUT2D eigenvalue weighted by Crippen LogP contribution is 2.38. The van der Waals surface area contributed by atoms with Gasteiger partial charge in [-0.2, -0.15) is 0 Å². The normalized spacial score (nSPS) is 15.7. The Bertz CT molecular complexity index is 659. The molecule has 2 N–H and O–H groups in total. The molecule has 0 aliphatic heterocycles. The van der Waals surface area contributed by atoms with Crippen LogP contribution in [-0.4, -0.2) is 31.4 Å². The van der Waals surface area contributed by atoms with Crippen LogP contribution in [0, 0.1) is 5.82 Å². The highest BCUT2D eigenvalue weighted by atomic mass is 32.2. The quantitative estimate of drug-likeness (QED) is 0.848. The maximum atomic E-state index is 14.3. The first-order chi connectivity index (χ1) is 9.76. The van der Waals surface area contributed by atoms with E-state index in [2.05, 4.69) is 24.8 Å². The lowest BCUT2D eigenvalue weighted by molar-refractivity contribution is 0.401. The fourth-order valence-electron chi connectivity index (χ4n) is 1.77. The molecule has 0 radical (unpaired) electrons. The summed E-state index contributed by atoms with van der Waals surface area (Å²) in [4.78, 5) is 1.94. The van der Waals surface area contributed by atoms with Crippen molar-refractivity contribution >= 4 is 18.2 Å². The molecule has 1 atom stereocenters. The topological polar surface area (TPSA) is 58.7 Å². The zero-order valence-corrected chi connectivity index (χ0v) is 16.4. The number of hydrogen-bond acceptors (Lipinski definition) is 3. The molecule has 1 aromatic carbocycles. The molecule has 0 heterocycles. The van der Waals surface area contributed by atoms with Gasteiger partial charge in [0.1, 0.15) is 15.7 Å². The minimum absolute atomic E-state index is 0.000156. The number of hydrogen-bond donors (Lipinski definition) is 1. The van der Waals surface area contributed by atoms with Crippen LogP contribution in [0.3, 0.4) is 0 Å². The molecule has 7 heteroatoms. The number of nitrogens with zero attached hydrogens (tertiary/aromatic N) is 2. The van der Waals surface area contributed by atoms with Gasteiger partial charge in [-0.25, -0.2) is 13.7 Å². The lowest BCUT2D eigenvalue weighted by atomic mass is 10.2. The Balaban J connectivity index is 3.33. The Morgan fingerprint density at radius 3 is 2.27 bits per heavy atom. The van der Waals surface area contributed by atoms with Gasteiger partial charge in [-0.3, -0.25) is 4.03 Å². The van der Waals surface area contributed by atoms with Gasteiger partial charge < -0.3 is 4.90 Å². The van der Waals surface area contributed by atoms with Crippen molar-refractivity contribution in [2.24, 2.45) is 9.17 Å². The summed E-state index contributed by atoms with van der Waals surface area (Å²) in [5.41, 5.74) is 0.814. The van der Waals surface area contributed by atoms with Gasteiger partial charge in [-0.15, -0.1) is 0 Å². The van der Waals surface area contributed by atoms with Gasteiger partial charge in [-0.05, 0) is 49.9 Å². The Labute approximate surface area is 135 Å². The summed E-state index contributed by atoms with van der Waals surface area (Å²) in [5, 5.41) is 5.82. The molecule has 0 aromatic heterocycles. The molecule has 22 heavy (non-hydrogen) atoms. The van der Waals surface area contributed by atoms with Gasteiger partial charge in [0.25, 0.3) is 0 Å². The molecule has 0 aliphatic carbocycles. The average molecular weight is 346 g/mol. The summed E-state index contributed by atoms with van der Waals surface area (Å²) in [5.74, 6) is -0.547. The van der Waals surface area contributed by atoms with Crippen molar-refractivity contribution in [3.05, 3.63) is 29.6 Å². The number of rotatable bonds is 4. The Morgan fingerprint density at radius 2 is 1.86 bits per heavy atom. The van der Waals surface area contributed by atoms with Crippen molar-refractivity contribution in [2.75, 3.05) is 14.1 Å². The van der Waals surface area contributed by atoms with Crippen LogP contribution in [0.1, 0.15) is 26.3 Å². The molecular weight excluding hydrogens is 317 g/mol. The number of nitrogens with two attached hydrogens (primary N) is 1. The predicted molar refractivity (Wildman–Crippen MR) is 94.0 cm³/mol. The van der Waals surface area contributed by atoms with Crippen LogP contribution >= 0.6 is 0 Å². The lowest BCUT2D eigenvalue weighted by Gasteiger charge is -2.32. The van der Waals surface area contributed by atoms with Crippen molar-refractivity contribution in [2.45, 2.75) is 50.3 Å². The molecule has 0 bridgehead atoms. The summed E-state index contributed by atoms with van der Waals surface area (Å²) >= 11 is 0. The van der Waals surface area contributed by atoms with Crippen LogP contribution in [0.15, 0.2) is 27.1 Å². The zero-order valence-electron chi connectivity index (χ0n) is 14.6. The van der Waals surface area contributed by atoms with E-state index >= 15 is 0 Å². The first kappa shape index (κ1) is 19.3. The number of halogens is 1. The van der Waals surface area contributed by atoms with Crippen molar-refractivity contribution in [1.29, 1.82) is 0 Å². The molecule has 126 valence electrons. The van der Waals surface area contributed by atoms with Gasteiger partial charge in [0, 0.05) is 6.54 Å². The molecule has 0 amide bonds. The van der Waals surface area contributed by atoms with Gasteiger partial charge in [-0.1, -0.05) is 26.8 Å². The van der Waals surface area contributed by atoms with Crippen LogP contribution < -0.4 is 5.14 Å². The molecule has 0 spiro atoms. The number of benzene rings is 1. The van der Waals surface area contributed by atoms with Crippen LogP contribution in [-0.2, 0) is 16.5 Å². The van der Waals surface area contributed by atoms with Crippen LogP contribution in [0.4, 0.5) is 4.39 Å². The van der Waals surface area contributed by atoms with E-state index in [0.29, 0.717) is 6.54 Å². The third kappa shape index (κ3) is 4.61. The van der Waals surface area contributed by atoms with E-state index in [0.717, 1.165) is 5.56 Å². The Hall–Kier alpha value is -0.763. The molecule has 0 saturated carbocycles. The fourth-order valence-corrected chi connectivity index (χ4v) is 6.57. The lowest BCUT2D eigenvalue weighted by Crippen LogP contribution is -2.37. The maximum Gasteiger partial charge on any atom is 0.195 e. The van der Waals surface area contributed by atoms with Gasteiger partial charge >= 0.3 is 0 Å². The second-order valence-corrected chi connectivity index (χ2v) is 14.4. The van der Waals surface area contributed by atoms with E-state index < -0.39 is 24.0 Å². The molecule has 0 aliphatic rings. The first-order valence-corrected chi connectivity index (χ1v) is 11.8. The molecule has 4 nitrogen and oxygen atoms in total. The third-order valence-corrected chi connectivity index (χ3v) is 11.6. The predicted octanol–water partition coefficient (Wildman–Crippen LogP) is 3.59. The third-order valence-electron chi connectivity index (χ3n) is 4.01. The molecule has 1 rings (SSSR count). The SMILES string of the molecule is CN(C)Cc1ccc(S(N)(=O)=N[Si](C)(C)C(C)(C)C)c(F)c1. The Morgan fingerprint density at radius 1 is 1.32 bits per heavy atom. The fraction of sp³-hybridized carbons (Fsp3) is 0.600. The second kappa shape index (κ2) is 6.39. The van der Waals surface area contributed by atoms with Crippen LogP contribution in [0.2, 0.25) is 18.1 Å². The van der Waals surface area contributed by atoms with E-state index in [-0.39, 0.29) is 9.93 Å². The molecule has 1 unspecified atom stereocenters.